The molecule has 24 heavy (non-hydrogen) atoms. The van der Waals surface area contributed by atoms with E-state index in [2.05, 4.69) is 84.9 Å². The van der Waals surface area contributed by atoms with Crippen LogP contribution in [0.4, 0.5) is 0 Å². The maximum atomic E-state index is 2.23. The topological polar surface area (TPSA) is 0 Å². The van der Waals surface area contributed by atoms with E-state index in [4.69, 9.17) is 0 Å². The Balaban J connectivity index is 0.000000300. The summed E-state index contributed by atoms with van der Waals surface area (Å²) in [4.78, 5) is 0. The minimum Gasteiger partial charge on any atom is -0.214 e. The van der Waals surface area contributed by atoms with Gasteiger partial charge in [0.25, 0.3) is 0 Å². The summed E-state index contributed by atoms with van der Waals surface area (Å²) >= 11 is 0. The molecule has 4 aromatic carbocycles. The van der Waals surface area contributed by atoms with Gasteiger partial charge >= 0.3 is 17.1 Å². The third-order valence-electron chi connectivity index (χ3n) is 3.49. The van der Waals surface area contributed by atoms with Gasteiger partial charge in [-0.3, -0.25) is 0 Å². The number of rotatable bonds is 3. The fourth-order valence-corrected chi connectivity index (χ4v) is 4.74. The molecule has 2 heteroatoms. The van der Waals surface area contributed by atoms with Crippen LogP contribution >= 0.6 is 7.92 Å². The van der Waals surface area contributed by atoms with Crippen LogP contribution in [0.25, 0.3) is 0 Å². The van der Waals surface area contributed by atoms with Gasteiger partial charge in [0.05, 0.1) is 0 Å². The molecule has 0 heterocycles. The predicted molar refractivity (Wildman–Crippen MR) is 103 cm³/mol. The zero-order chi connectivity index (χ0) is 15.7. The van der Waals surface area contributed by atoms with E-state index in [0.29, 0.717) is 0 Å². The summed E-state index contributed by atoms with van der Waals surface area (Å²) in [5.74, 6) is 0. The van der Waals surface area contributed by atoms with Crippen LogP contribution < -0.4 is 15.9 Å². The van der Waals surface area contributed by atoms with Crippen LogP contribution in [0.5, 0.6) is 0 Å². The molecule has 0 aliphatic rings. The summed E-state index contributed by atoms with van der Waals surface area (Å²) in [7, 11) is -0.409. The van der Waals surface area contributed by atoms with Gasteiger partial charge in [0.1, 0.15) is 0 Å². The van der Waals surface area contributed by atoms with Crippen molar-refractivity contribution < 1.29 is 17.1 Å². The third-order valence-corrected chi connectivity index (χ3v) is 5.93. The van der Waals surface area contributed by atoms with E-state index >= 15 is 0 Å². The predicted octanol–water partition coefficient (Wildman–Crippen LogP) is 4.57. The molecule has 0 aliphatic heterocycles. The van der Waals surface area contributed by atoms with Crippen LogP contribution in [-0.2, 0) is 17.1 Å². The summed E-state index contributed by atoms with van der Waals surface area (Å²) < 4.78 is 0. The molecule has 0 N–H and O–H groups in total. The van der Waals surface area contributed by atoms with E-state index in [1.807, 2.05) is 30.3 Å². The summed E-state index contributed by atoms with van der Waals surface area (Å²) in [6.45, 7) is 0. The molecule has 0 atom stereocenters. The Bertz CT molecular complexity index is 703. The fraction of sp³-hybridized carbons (Fsp3) is 0. The first-order valence-electron chi connectivity index (χ1n) is 7.74. The van der Waals surface area contributed by atoms with Crippen molar-refractivity contribution in [2.75, 3.05) is 0 Å². The standard InChI is InChI=1S/C17H14P.C5H5.Fe/c1-3-9-15(10-4-1)18(17-13-7-8-14-17)16-11-5-2-6-12-16;1-2-4-5-3-1;/h1-14H;1-5H;/q2*-1;+2. The molecule has 0 radical (unpaired) electrons. The van der Waals surface area contributed by atoms with Crippen LogP contribution in [0, 0.1) is 0 Å². The van der Waals surface area contributed by atoms with Gasteiger partial charge in [-0.25, -0.2) is 24.3 Å². The van der Waals surface area contributed by atoms with Crippen molar-refractivity contribution in [2.24, 2.45) is 0 Å². The molecular weight excluding hydrogens is 351 g/mol. The molecule has 0 saturated carbocycles. The second-order valence-electron chi connectivity index (χ2n) is 5.11. The Hall–Kier alpha value is -1.91. The van der Waals surface area contributed by atoms with Gasteiger partial charge in [0.2, 0.25) is 0 Å². The minimum absolute atomic E-state index is 0. The van der Waals surface area contributed by atoms with Crippen molar-refractivity contribution in [2.45, 2.75) is 0 Å². The molecule has 0 spiro atoms. The van der Waals surface area contributed by atoms with Gasteiger partial charge < -0.3 is 0 Å². The summed E-state index contributed by atoms with van der Waals surface area (Å²) in [5.41, 5.74) is 0. The van der Waals surface area contributed by atoms with E-state index in [-0.39, 0.29) is 17.1 Å². The second-order valence-corrected chi connectivity index (χ2v) is 7.33. The van der Waals surface area contributed by atoms with Gasteiger partial charge in [-0.05, 0) is 10.6 Å². The average Bonchev–Trinajstić information content (AvgIpc) is 3.34. The molecule has 0 aliphatic carbocycles. The Morgan fingerprint density at radius 2 is 1.04 bits per heavy atom. The summed E-state index contributed by atoms with van der Waals surface area (Å²) in [6, 6.07) is 40.2. The maximum Gasteiger partial charge on any atom is 2.00 e. The molecule has 0 saturated heterocycles. The van der Waals surface area contributed by atoms with Crippen molar-refractivity contribution in [1.29, 1.82) is 0 Å². The Kier molecular flexibility index (Phi) is 7.72. The molecule has 0 amide bonds. The molecule has 0 nitrogen and oxygen atoms in total. The van der Waals surface area contributed by atoms with E-state index in [1.165, 1.54) is 15.9 Å². The molecule has 0 unspecified atom stereocenters. The van der Waals surface area contributed by atoms with Gasteiger partial charge in [0.15, 0.2) is 0 Å². The molecule has 0 fully saturated rings. The van der Waals surface area contributed by atoms with Crippen molar-refractivity contribution in [3.05, 3.63) is 115 Å². The first kappa shape index (κ1) is 18.4. The van der Waals surface area contributed by atoms with Crippen LogP contribution in [0.2, 0.25) is 0 Å². The van der Waals surface area contributed by atoms with Gasteiger partial charge in [0, 0.05) is 0 Å². The SMILES string of the molecule is [Fe+2].c1cc[cH-]c1.c1ccc(P(c2ccccc2)[c-]2cccc2)cc1. The first-order chi connectivity index (χ1) is 11.4. The van der Waals surface area contributed by atoms with E-state index < -0.39 is 7.92 Å². The molecule has 0 bridgehead atoms. The Morgan fingerprint density at radius 3 is 1.42 bits per heavy atom. The van der Waals surface area contributed by atoms with Gasteiger partial charge in [-0.15, -0.1) is 5.30 Å². The van der Waals surface area contributed by atoms with Crippen LogP contribution in [-0.4, -0.2) is 0 Å². The first-order valence-corrected chi connectivity index (χ1v) is 9.08. The monoisotopic (exact) mass is 370 g/mol. The molecule has 0 aromatic heterocycles. The number of hydrogen-bond donors (Lipinski definition) is 0. The summed E-state index contributed by atoms with van der Waals surface area (Å²) in [6.07, 6.45) is 0. The van der Waals surface area contributed by atoms with Crippen LogP contribution in [0.1, 0.15) is 0 Å². The van der Waals surface area contributed by atoms with Crippen molar-refractivity contribution in [3.8, 4) is 0 Å². The molecule has 4 aromatic rings. The van der Waals surface area contributed by atoms with Crippen molar-refractivity contribution >= 4 is 23.8 Å². The van der Waals surface area contributed by atoms with Crippen molar-refractivity contribution in [1.82, 2.24) is 0 Å². The van der Waals surface area contributed by atoms with Crippen LogP contribution in [0.3, 0.4) is 0 Å². The van der Waals surface area contributed by atoms with Gasteiger partial charge in [-0.1, -0.05) is 68.6 Å². The minimum atomic E-state index is -0.409. The average molecular weight is 370 g/mol. The van der Waals surface area contributed by atoms with E-state index in [1.54, 1.807) is 0 Å². The summed E-state index contributed by atoms with van der Waals surface area (Å²) in [5, 5.41) is 4.23. The molecule has 4 rings (SSSR count). The largest absolute Gasteiger partial charge is 2.00 e. The second kappa shape index (κ2) is 10.1. The number of benzene rings is 2. The fourth-order valence-electron chi connectivity index (χ4n) is 2.44. The van der Waals surface area contributed by atoms with Crippen LogP contribution in [0.15, 0.2) is 115 Å². The third kappa shape index (κ3) is 5.05. The van der Waals surface area contributed by atoms with E-state index in [9.17, 15) is 0 Å². The maximum absolute atomic E-state index is 2.23. The zero-order valence-corrected chi connectivity index (χ0v) is 15.3. The van der Waals surface area contributed by atoms with Gasteiger partial charge in [-0.2, -0.15) is 30.3 Å². The normalized spacial score (nSPS) is 9.71. The molecule has 120 valence electrons. The van der Waals surface area contributed by atoms with Crippen molar-refractivity contribution in [3.63, 3.8) is 0 Å². The zero-order valence-electron chi connectivity index (χ0n) is 13.3. The Labute approximate surface area is 156 Å². The van der Waals surface area contributed by atoms with E-state index in [0.717, 1.165) is 0 Å². The molecular formula is C22H19FeP. The smallest absolute Gasteiger partial charge is 0.214 e. The Morgan fingerprint density at radius 1 is 0.583 bits per heavy atom. The number of hydrogen-bond acceptors (Lipinski definition) is 0. The quantitative estimate of drug-likeness (QED) is 0.282.